The first-order valence-corrected chi connectivity index (χ1v) is 4.50. The topological polar surface area (TPSA) is 81.4 Å². The summed E-state index contributed by atoms with van der Waals surface area (Å²) in [6.07, 6.45) is 0. The minimum absolute atomic E-state index is 0.0111. The van der Waals surface area contributed by atoms with Gasteiger partial charge in [0.25, 0.3) is 5.91 Å². The lowest BCUT2D eigenvalue weighted by molar-refractivity contribution is -0.118. The van der Waals surface area contributed by atoms with Crippen LogP contribution in [0.1, 0.15) is 10.4 Å². The Morgan fingerprint density at radius 1 is 1.53 bits per heavy atom. The van der Waals surface area contributed by atoms with E-state index in [1.807, 2.05) is 0 Å². The summed E-state index contributed by atoms with van der Waals surface area (Å²) < 4.78 is 5.15. The minimum Gasteiger partial charge on any atom is -0.482 e. The van der Waals surface area contributed by atoms with Crippen LogP contribution in [0.5, 0.6) is 5.75 Å². The van der Waals surface area contributed by atoms with Crippen LogP contribution >= 0.6 is 0 Å². The summed E-state index contributed by atoms with van der Waals surface area (Å²) in [4.78, 5) is 22.3. The Bertz CT molecular complexity index is 429. The van der Waals surface area contributed by atoms with Crippen LogP contribution in [0, 0.1) is 0 Å². The number of Topliss-reactive ketones (excluding diaryl/α,β-unsaturated/α-hetero) is 1. The number of rotatable bonds is 2. The number of amides is 1. The molecule has 0 aliphatic carbocycles. The van der Waals surface area contributed by atoms with Gasteiger partial charge in [0, 0.05) is 5.56 Å². The molecular formula is C10H10N2O3. The molecule has 0 saturated carbocycles. The van der Waals surface area contributed by atoms with E-state index in [0.29, 0.717) is 17.0 Å². The number of nitrogens with two attached hydrogens (primary N) is 1. The fourth-order valence-electron chi connectivity index (χ4n) is 1.37. The highest BCUT2D eigenvalue weighted by atomic mass is 16.5. The molecule has 1 aromatic carbocycles. The maximum atomic E-state index is 11.3. The first kappa shape index (κ1) is 9.67. The molecule has 0 spiro atoms. The smallest absolute Gasteiger partial charge is 0.262 e. The van der Waals surface area contributed by atoms with Crippen LogP contribution < -0.4 is 15.8 Å². The molecule has 2 rings (SSSR count). The molecule has 15 heavy (non-hydrogen) atoms. The van der Waals surface area contributed by atoms with Gasteiger partial charge in [0.15, 0.2) is 12.4 Å². The Kier molecular flexibility index (Phi) is 2.39. The van der Waals surface area contributed by atoms with Gasteiger partial charge in [-0.3, -0.25) is 9.59 Å². The van der Waals surface area contributed by atoms with Crippen LogP contribution in [0.4, 0.5) is 5.69 Å². The molecule has 0 atom stereocenters. The second-order valence-corrected chi connectivity index (χ2v) is 3.18. The number of carbonyl (C=O) groups excluding carboxylic acids is 2. The number of hydrogen-bond donors (Lipinski definition) is 2. The molecule has 0 fully saturated rings. The van der Waals surface area contributed by atoms with Gasteiger partial charge < -0.3 is 15.8 Å². The first-order valence-electron chi connectivity index (χ1n) is 4.50. The molecule has 0 bridgehead atoms. The zero-order valence-corrected chi connectivity index (χ0v) is 7.95. The standard InChI is InChI=1S/C10H10N2O3/c11-4-8(13)6-1-2-9-7(3-6)12-10(14)5-15-9/h1-3H,4-5,11H2,(H,12,14). The predicted octanol–water partition coefficient (Wildman–Crippen LogP) is 0.159. The molecule has 0 radical (unpaired) electrons. The van der Waals surface area contributed by atoms with Crippen molar-refractivity contribution in [3.63, 3.8) is 0 Å². The van der Waals surface area contributed by atoms with E-state index in [-0.39, 0.29) is 24.8 Å². The molecule has 78 valence electrons. The molecule has 0 saturated heterocycles. The van der Waals surface area contributed by atoms with Gasteiger partial charge >= 0.3 is 0 Å². The number of fused-ring (bicyclic) bond motifs is 1. The third-order valence-corrected chi connectivity index (χ3v) is 2.12. The van der Waals surface area contributed by atoms with Crippen molar-refractivity contribution >= 4 is 17.4 Å². The lowest BCUT2D eigenvalue weighted by atomic mass is 10.1. The largest absolute Gasteiger partial charge is 0.482 e. The number of hydrogen-bond acceptors (Lipinski definition) is 4. The molecule has 3 N–H and O–H groups in total. The van der Waals surface area contributed by atoms with Crippen LogP contribution in [-0.4, -0.2) is 24.8 Å². The van der Waals surface area contributed by atoms with Crippen LogP contribution in [0.15, 0.2) is 18.2 Å². The molecule has 1 heterocycles. The van der Waals surface area contributed by atoms with Gasteiger partial charge in [-0.25, -0.2) is 0 Å². The fraction of sp³-hybridized carbons (Fsp3) is 0.200. The van der Waals surface area contributed by atoms with Crippen LogP contribution in [0.2, 0.25) is 0 Å². The SMILES string of the molecule is NCC(=O)c1ccc2c(c1)NC(=O)CO2. The summed E-state index contributed by atoms with van der Waals surface area (Å²) in [5, 5.41) is 2.62. The van der Waals surface area contributed by atoms with Gasteiger partial charge in [-0.2, -0.15) is 0 Å². The van der Waals surface area contributed by atoms with Crippen LogP contribution in [0.25, 0.3) is 0 Å². The van der Waals surface area contributed by atoms with Gasteiger partial charge in [0.1, 0.15) is 5.75 Å². The van der Waals surface area contributed by atoms with Gasteiger partial charge in [-0.1, -0.05) is 0 Å². The third kappa shape index (κ3) is 1.82. The van der Waals surface area contributed by atoms with Crippen molar-refractivity contribution in [1.82, 2.24) is 0 Å². The average molecular weight is 206 g/mol. The molecule has 1 aliphatic rings. The molecule has 5 heteroatoms. The number of ether oxygens (including phenoxy) is 1. The van der Waals surface area contributed by atoms with Crippen molar-refractivity contribution in [3.8, 4) is 5.75 Å². The number of ketones is 1. The van der Waals surface area contributed by atoms with Gasteiger partial charge in [0.05, 0.1) is 12.2 Å². The minimum atomic E-state index is -0.222. The Morgan fingerprint density at radius 3 is 3.07 bits per heavy atom. The zero-order chi connectivity index (χ0) is 10.8. The van der Waals surface area contributed by atoms with Crippen molar-refractivity contribution in [2.75, 3.05) is 18.5 Å². The number of nitrogens with one attached hydrogen (secondary N) is 1. The monoisotopic (exact) mass is 206 g/mol. The second-order valence-electron chi connectivity index (χ2n) is 3.18. The van der Waals surface area contributed by atoms with Gasteiger partial charge in [0.2, 0.25) is 0 Å². The second kappa shape index (κ2) is 3.70. The molecular weight excluding hydrogens is 196 g/mol. The van der Waals surface area contributed by atoms with E-state index >= 15 is 0 Å². The first-order chi connectivity index (χ1) is 7.20. The molecule has 1 aromatic rings. The lowest BCUT2D eigenvalue weighted by Gasteiger charge is -2.18. The van der Waals surface area contributed by atoms with E-state index in [2.05, 4.69) is 5.32 Å². The summed E-state index contributed by atoms with van der Waals surface area (Å²) in [5.74, 6) is 0.181. The van der Waals surface area contributed by atoms with Crippen LogP contribution in [-0.2, 0) is 4.79 Å². The van der Waals surface area contributed by atoms with Crippen molar-refractivity contribution in [3.05, 3.63) is 23.8 Å². The molecule has 1 aliphatic heterocycles. The zero-order valence-electron chi connectivity index (χ0n) is 7.95. The highest BCUT2D eigenvalue weighted by Crippen LogP contribution is 2.28. The average Bonchev–Trinajstić information content (AvgIpc) is 2.27. The maximum absolute atomic E-state index is 11.3. The van der Waals surface area contributed by atoms with Crippen molar-refractivity contribution in [2.45, 2.75) is 0 Å². The lowest BCUT2D eigenvalue weighted by Crippen LogP contribution is -2.25. The predicted molar refractivity (Wildman–Crippen MR) is 54.0 cm³/mol. The van der Waals surface area contributed by atoms with Gasteiger partial charge in [-0.15, -0.1) is 0 Å². The molecule has 1 amide bonds. The number of benzene rings is 1. The Labute approximate surface area is 86.2 Å². The summed E-state index contributed by atoms with van der Waals surface area (Å²) in [5.41, 5.74) is 6.23. The van der Waals surface area contributed by atoms with Crippen molar-refractivity contribution < 1.29 is 14.3 Å². The molecule has 0 aromatic heterocycles. The Morgan fingerprint density at radius 2 is 2.33 bits per heavy atom. The summed E-state index contributed by atoms with van der Waals surface area (Å²) in [6, 6.07) is 4.85. The number of carbonyl (C=O) groups is 2. The highest BCUT2D eigenvalue weighted by molar-refractivity contribution is 6.01. The maximum Gasteiger partial charge on any atom is 0.262 e. The highest BCUT2D eigenvalue weighted by Gasteiger charge is 2.17. The third-order valence-electron chi connectivity index (χ3n) is 2.12. The van der Waals surface area contributed by atoms with Gasteiger partial charge in [-0.05, 0) is 18.2 Å². The normalized spacial score (nSPS) is 13.8. The van der Waals surface area contributed by atoms with Crippen LogP contribution in [0.3, 0.4) is 0 Å². The van der Waals surface area contributed by atoms with E-state index in [0.717, 1.165) is 0 Å². The Hall–Kier alpha value is -1.88. The summed E-state index contributed by atoms with van der Waals surface area (Å²) in [6.45, 7) is -0.0369. The van der Waals surface area contributed by atoms with E-state index in [9.17, 15) is 9.59 Å². The van der Waals surface area contributed by atoms with Crippen molar-refractivity contribution in [2.24, 2.45) is 5.73 Å². The van der Waals surface area contributed by atoms with E-state index in [1.54, 1.807) is 18.2 Å². The number of anilines is 1. The molecule has 5 nitrogen and oxygen atoms in total. The Balaban J connectivity index is 2.36. The van der Waals surface area contributed by atoms with E-state index in [4.69, 9.17) is 10.5 Å². The fourth-order valence-corrected chi connectivity index (χ4v) is 1.37. The van der Waals surface area contributed by atoms with Crippen molar-refractivity contribution in [1.29, 1.82) is 0 Å². The quantitative estimate of drug-likeness (QED) is 0.675. The molecule has 0 unspecified atom stereocenters. The summed E-state index contributed by atoms with van der Waals surface area (Å²) >= 11 is 0. The van der Waals surface area contributed by atoms with E-state index < -0.39 is 0 Å². The van der Waals surface area contributed by atoms with E-state index in [1.165, 1.54) is 0 Å². The summed E-state index contributed by atoms with van der Waals surface area (Å²) in [7, 11) is 0.